The number of pyridine rings is 1. The third-order valence-electron chi connectivity index (χ3n) is 7.92. The Morgan fingerprint density at radius 1 is 1.18 bits per heavy atom. The van der Waals surface area contributed by atoms with E-state index in [1.807, 2.05) is 33.8 Å². The average molecular weight is 530 g/mol. The summed E-state index contributed by atoms with van der Waals surface area (Å²) in [7, 11) is 2.12. The first kappa shape index (κ1) is 25.4. The van der Waals surface area contributed by atoms with Crippen molar-refractivity contribution in [2.45, 2.75) is 38.8 Å². The summed E-state index contributed by atoms with van der Waals surface area (Å²) in [5.41, 5.74) is 10.1. The Hall–Kier alpha value is -3.83. The number of hydrogen-bond donors (Lipinski definition) is 3. The SMILES string of the molecule is CCCC(CCO)Nc1nc(N)nc2cnn(Cc3ccc(C(=O)N4CC5(CN(C)C5)C4)c4cccnc34)c12. The van der Waals surface area contributed by atoms with Gasteiger partial charge in [-0.25, -0.2) is 4.98 Å². The Bertz CT molecular complexity index is 1510. The lowest BCUT2D eigenvalue weighted by atomic mass is 9.73. The Labute approximate surface area is 227 Å². The normalized spacial score (nSPS) is 17.4. The number of carbonyl (C=O) groups is 1. The van der Waals surface area contributed by atoms with E-state index in [1.165, 1.54) is 0 Å². The van der Waals surface area contributed by atoms with Gasteiger partial charge < -0.3 is 26.0 Å². The van der Waals surface area contributed by atoms with Gasteiger partial charge in [0.15, 0.2) is 5.82 Å². The Kier molecular flexibility index (Phi) is 6.56. The maximum atomic E-state index is 13.5. The zero-order valence-electron chi connectivity index (χ0n) is 22.5. The number of aliphatic hydroxyl groups excluding tert-OH is 1. The molecule has 204 valence electrons. The zero-order chi connectivity index (χ0) is 27.1. The second kappa shape index (κ2) is 10.0. The zero-order valence-corrected chi connectivity index (χ0v) is 22.5. The number of nitrogens with zero attached hydrogens (tertiary/aromatic N) is 7. The summed E-state index contributed by atoms with van der Waals surface area (Å²) < 4.78 is 1.84. The van der Waals surface area contributed by atoms with Gasteiger partial charge in [-0.15, -0.1) is 0 Å². The summed E-state index contributed by atoms with van der Waals surface area (Å²) in [6, 6.07) is 7.78. The molecule has 1 aromatic carbocycles. The van der Waals surface area contributed by atoms with Crippen molar-refractivity contribution in [2.75, 3.05) is 50.9 Å². The molecular formula is C28H35N9O2. The number of nitrogen functional groups attached to an aromatic ring is 1. The van der Waals surface area contributed by atoms with E-state index in [-0.39, 0.29) is 29.9 Å². The van der Waals surface area contributed by atoms with Crippen LogP contribution in [0, 0.1) is 5.41 Å². The summed E-state index contributed by atoms with van der Waals surface area (Å²) in [6.07, 6.45) is 5.90. The molecule has 1 unspecified atom stereocenters. The van der Waals surface area contributed by atoms with Crippen LogP contribution >= 0.6 is 0 Å². The van der Waals surface area contributed by atoms with E-state index in [4.69, 9.17) is 5.73 Å². The third kappa shape index (κ3) is 4.65. The number of carbonyl (C=O) groups excluding carboxylic acids is 1. The number of nitrogens with one attached hydrogen (secondary N) is 1. The Balaban J connectivity index is 1.31. The molecule has 1 atom stereocenters. The molecule has 1 amide bonds. The first-order valence-electron chi connectivity index (χ1n) is 13.6. The molecular weight excluding hydrogens is 494 g/mol. The van der Waals surface area contributed by atoms with Crippen molar-refractivity contribution in [1.29, 1.82) is 0 Å². The number of aromatic nitrogens is 5. The predicted molar refractivity (Wildman–Crippen MR) is 150 cm³/mol. The highest BCUT2D eigenvalue weighted by Crippen LogP contribution is 2.40. The van der Waals surface area contributed by atoms with Crippen molar-refractivity contribution < 1.29 is 9.90 Å². The van der Waals surface area contributed by atoms with Crippen LogP contribution in [0.1, 0.15) is 42.1 Å². The number of benzene rings is 1. The fourth-order valence-corrected chi connectivity index (χ4v) is 6.31. The second-order valence-electron chi connectivity index (χ2n) is 11.1. The van der Waals surface area contributed by atoms with E-state index in [0.717, 1.165) is 61.0 Å². The van der Waals surface area contributed by atoms with Crippen LogP contribution in [0.15, 0.2) is 36.7 Å². The Morgan fingerprint density at radius 3 is 2.74 bits per heavy atom. The van der Waals surface area contributed by atoms with E-state index < -0.39 is 0 Å². The highest BCUT2D eigenvalue weighted by molar-refractivity contribution is 6.07. The monoisotopic (exact) mass is 529 g/mol. The second-order valence-corrected chi connectivity index (χ2v) is 11.1. The molecule has 0 saturated carbocycles. The molecule has 11 nitrogen and oxygen atoms in total. The van der Waals surface area contributed by atoms with Gasteiger partial charge in [-0.3, -0.25) is 14.5 Å². The van der Waals surface area contributed by atoms with Crippen LogP contribution in [-0.4, -0.2) is 91.4 Å². The summed E-state index contributed by atoms with van der Waals surface area (Å²) in [4.78, 5) is 31.2. The minimum absolute atomic E-state index is 0.0506. The van der Waals surface area contributed by atoms with Gasteiger partial charge in [-0.05, 0) is 37.6 Å². The number of amides is 1. The number of nitrogens with two attached hydrogens (primary N) is 1. The van der Waals surface area contributed by atoms with Crippen LogP contribution in [-0.2, 0) is 6.54 Å². The highest BCUT2D eigenvalue weighted by Gasteiger charge is 2.52. The van der Waals surface area contributed by atoms with Crippen molar-refractivity contribution in [3.8, 4) is 0 Å². The van der Waals surface area contributed by atoms with Crippen molar-refractivity contribution >= 4 is 39.6 Å². The average Bonchev–Trinajstić information content (AvgIpc) is 3.28. The van der Waals surface area contributed by atoms with Crippen molar-refractivity contribution in [2.24, 2.45) is 5.41 Å². The fourth-order valence-electron chi connectivity index (χ4n) is 6.31. The van der Waals surface area contributed by atoms with Gasteiger partial charge in [0.25, 0.3) is 5.91 Å². The van der Waals surface area contributed by atoms with E-state index >= 15 is 0 Å². The van der Waals surface area contributed by atoms with Gasteiger partial charge in [0, 0.05) is 61.4 Å². The molecule has 0 radical (unpaired) electrons. The minimum Gasteiger partial charge on any atom is -0.396 e. The van der Waals surface area contributed by atoms with Gasteiger partial charge in [0.1, 0.15) is 11.0 Å². The molecule has 39 heavy (non-hydrogen) atoms. The molecule has 2 aliphatic heterocycles. The topological polar surface area (TPSA) is 138 Å². The first-order valence-corrected chi connectivity index (χ1v) is 13.6. The van der Waals surface area contributed by atoms with Crippen LogP contribution in [0.25, 0.3) is 21.9 Å². The third-order valence-corrected chi connectivity index (χ3v) is 7.92. The molecule has 11 heteroatoms. The van der Waals surface area contributed by atoms with E-state index in [2.05, 4.69) is 44.2 Å². The molecule has 2 fully saturated rings. The van der Waals surface area contributed by atoms with Gasteiger partial charge in [0.2, 0.25) is 5.95 Å². The van der Waals surface area contributed by atoms with Crippen molar-refractivity contribution in [3.63, 3.8) is 0 Å². The van der Waals surface area contributed by atoms with Gasteiger partial charge in [0.05, 0.1) is 18.3 Å². The molecule has 0 bridgehead atoms. The number of hydrogen-bond acceptors (Lipinski definition) is 9. The molecule has 5 heterocycles. The van der Waals surface area contributed by atoms with Gasteiger partial charge in [-0.2, -0.15) is 10.1 Å². The van der Waals surface area contributed by atoms with E-state index in [0.29, 0.717) is 29.9 Å². The lowest BCUT2D eigenvalue weighted by Gasteiger charge is -2.59. The fraction of sp³-hybridized carbons (Fsp3) is 0.464. The number of anilines is 2. The van der Waals surface area contributed by atoms with Crippen LogP contribution in [0.2, 0.25) is 0 Å². The molecule has 2 saturated heterocycles. The van der Waals surface area contributed by atoms with Crippen molar-refractivity contribution in [3.05, 3.63) is 47.8 Å². The summed E-state index contributed by atoms with van der Waals surface area (Å²) in [5, 5.41) is 18.4. The lowest BCUT2D eigenvalue weighted by Crippen LogP contribution is -2.72. The molecule has 4 aromatic rings. The number of likely N-dealkylation sites (tertiary alicyclic amines) is 2. The smallest absolute Gasteiger partial charge is 0.254 e. The van der Waals surface area contributed by atoms with Crippen LogP contribution in [0.3, 0.4) is 0 Å². The van der Waals surface area contributed by atoms with Gasteiger partial charge in [-0.1, -0.05) is 25.5 Å². The molecule has 4 N–H and O–H groups in total. The number of fused-ring (bicyclic) bond motifs is 2. The molecule has 1 spiro atoms. The standard InChI is InChI=1S/C28H35N9O2/c1-3-5-19(9-11-38)32-25-24-22(33-27(29)34-25)12-31-37(24)13-18-7-8-21(20-6-4-10-30-23(18)20)26(39)36-16-28(17-36)14-35(2)15-28/h4,6-8,10,12,19,38H,3,5,9,11,13-17H2,1-2H3,(H3,29,32,33,34). The summed E-state index contributed by atoms with van der Waals surface area (Å²) in [6.45, 7) is 6.35. The number of rotatable bonds is 9. The first-order chi connectivity index (χ1) is 18.9. The largest absolute Gasteiger partial charge is 0.396 e. The highest BCUT2D eigenvalue weighted by atomic mass is 16.3. The molecule has 2 aliphatic rings. The predicted octanol–water partition coefficient (Wildman–Crippen LogP) is 2.36. The van der Waals surface area contributed by atoms with Crippen molar-refractivity contribution in [1.82, 2.24) is 34.5 Å². The summed E-state index contributed by atoms with van der Waals surface area (Å²) in [5.74, 6) is 0.824. The van der Waals surface area contributed by atoms with Crippen LogP contribution < -0.4 is 11.1 Å². The lowest BCUT2D eigenvalue weighted by molar-refractivity contribution is -0.0871. The summed E-state index contributed by atoms with van der Waals surface area (Å²) >= 11 is 0. The number of aliphatic hydroxyl groups is 1. The van der Waals surface area contributed by atoms with E-state index in [1.54, 1.807) is 12.4 Å². The minimum atomic E-state index is 0.0506. The molecule has 3 aromatic heterocycles. The maximum absolute atomic E-state index is 13.5. The van der Waals surface area contributed by atoms with Crippen LogP contribution in [0.5, 0.6) is 0 Å². The molecule has 6 rings (SSSR count). The van der Waals surface area contributed by atoms with Crippen LogP contribution in [0.4, 0.5) is 11.8 Å². The van der Waals surface area contributed by atoms with E-state index in [9.17, 15) is 9.90 Å². The quantitative estimate of drug-likeness (QED) is 0.298. The Morgan fingerprint density at radius 2 is 2.00 bits per heavy atom. The molecule has 0 aliphatic carbocycles. The van der Waals surface area contributed by atoms with Gasteiger partial charge >= 0.3 is 0 Å². The maximum Gasteiger partial charge on any atom is 0.254 e.